The van der Waals surface area contributed by atoms with Crippen molar-refractivity contribution in [2.45, 2.75) is 33.6 Å². The van der Waals surface area contributed by atoms with Crippen LogP contribution in [0.5, 0.6) is 0 Å². The van der Waals surface area contributed by atoms with Crippen LogP contribution in [0.3, 0.4) is 0 Å². The third kappa shape index (κ3) is 2.52. The van der Waals surface area contributed by atoms with Crippen LogP contribution in [-0.4, -0.2) is 11.6 Å². The van der Waals surface area contributed by atoms with Crippen LogP contribution in [-0.2, 0) is 0 Å². The quantitative estimate of drug-likeness (QED) is 0.706. The molecule has 0 unspecified atom stereocenters. The monoisotopic (exact) mass is 204 g/mol. The zero-order valence-electron chi connectivity index (χ0n) is 9.46. The molecule has 0 fully saturated rings. The van der Waals surface area contributed by atoms with Gasteiger partial charge in [0.15, 0.2) is 11.6 Å². The topological polar surface area (TPSA) is 34.1 Å². The maximum Gasteiger partial charge on any atom is 0.163 e. The van der Waals surface area contributed by atoms with Crippen molar-refractivity contribution in [3.8, 4) is 0 Å². The predicted molar refractivity (Wildman–Crippen MR) is 60.4 cm³/mol. The van der Waals surface area contributed by atoms with Gasteiger partial charge in [0, 0.05) is 17.5 Å². The van der Waals surface area contributed by atoms with Gasteiger partial charge in [0.2, 0.25) is 0 Å². The Morgan fingerprint density at radius 3 is 2.47 bits per heavy atom. The van der Waals surface area contributed by atoms with E-state index in [4.69, 9.17) is 0 Å². The maximum atomic E-state index is 11.8. The molecule has 0 saturated carbocycles. The number of hydrogen-bond donors (Lipinski definition) is 0. The Balaban J connectivity index is 3.23. The number of benzene rings is 1. The van der Waals surface area contributed by atoms with Crippen molar-refractivity contribution in [1.82, 2.24) is 0 Å². The molecular formula is C13H16O2. The van der Waals surface area contributed by atoms with Crippen molar-refractivity contribution >= 4 is 11.6 Å². The van der Waals surface area contributed by atoms with Gasteiger partial charge in [-0.3, -0.25) is 9.59 Å². The number of Topliss-reactive ketones (excluding diaryl/α,β-unsaturated/α-hetero) is 2. The summed E-state index contributed by atoms with van der Waals surface area (Å²) in [7, 11) is 0. The molecule has 80 valence electrons. The van der Waals surface area contributed by atoms with Crippen LogP contribution >= 0.6 is 0 Å². The van der Waals surface area contributed by atoms with E-state index < -0.39 is 0 Å². The van der Waals surface area contributed by atoms with Crippen LogP contribution in [0.15, 0.2) is 18.2 Å². The zero-order chi connectivity index (χ0) is 11.4. The summed E-state index contributed by atoms with van der Waals surface area (Å²) in [5, 5.41) is 0. The third-order valence-corrected chi connectivity index (χ3v) is 2.40. The van der Waals surface area contributed by atoms with Crippen LogP contribution in [0.4, 0.5) is 0 Å². The number of carbonyl (C=O) groups excluding carboxylic acids is 2. The average molecular weight is 204 g/mol. The molecule has 0 amide bonds. The molecule has 0 aliphatic heterocycles. The largest absolute Gasteiger partial charge is 0.294 e. The molecule has 1 aromatic carbocycles. The van der Waals surface area contributed by atoms with Gasteiger partial charge in [-0.2, -0.15) is 0 Å². The minimum absolute atomic E-state index is 0.0347. The number of aryl methyl sites for hydroxylation is 1. The van der Waals surface area contributed by atoms with E-state index in [1.54, 1.807) is 6.07 Å². The summed E-state index contributed by atoms with van der Waals surface area (Å²) in [5.41, 5.74) is 2.03. The number of rotatable bonds is 4. The van der Waals surface area contributed by atoms with Crippen LogP contribution in [0, 0.1) is 6.92 Å². The maximum absolute atomic E-state index is 11.8. The van der Waals surface area contributed by atoms with Gasteiger partial charge in [0.05, 0.1) is 0 Å². The van der Waals surface area contributed by atoms with Crippen molar-refractivity contribution in [3.63, 3.8) is 0 Å². The molecule has 0 bridgehead atoms. The lowest BCUT2D eigenvalue weighted by atomic mass is 9.94. The lowest BCUT2D eigenvalue weighted by Crippen LogP contribution is -2.08. The second kappa shape index (κ2) is 4.87. The van der Waals surface area contributed by atoms with E-state index in [9.17, 15) is 9.59 Å². The summed E-state index contributed by atoms with van der Waals surface area (Å²) in [6.07, 6.45) is 1.31. The molecule has 2 nitrogen and oxygen atoms in total. The minimum Gasteiger partial charge on any atom is -0.294 e. The first-order chi connectivity index (χ1) is 7.07. The molecule has 0 spiro atoms. The summed E-state index contributed by atoms with van der Waals surface area (Å²) >= 11 is 0. The molecule has 0 aromatic heterocycles. The van der Waals surface area contributed by atoms with Gasteiger partial charge in [-0.05, 0) is 25.8 Å². The molecule has 2 heteroatoms. The molecule has 15 heavy (non-hydrogen) atoms. The van der Waals surface area contributed by atoms with Crippen molar-refractivity contribution in [1.29, 1.82) is 0 Å². The normalized spacial score (nSPS) is 10.1. The van der Waals surface area contributed by atoms with E-state index in [2.05, 4.69) is 0 Å². The SMILES string of the molecule is CCCC(=O)c1cccc(C)c1C(C)=O. The van der Waals surface area contributed by atoms with Crippen LogP contribution in [0.25, 0.3) is 0 Å². The number of carbonyl (C=O) groups is 2. The molecule has 0 atom stereocenters. The summed E-state index contributed by atoms with van der Waals surface area (Å²) in [5.74, 6) is 0.0268. The fourth-order valence-corrected chi connectivity index (χ4v) is 1.73. The highest BCUT2D eigenvalue weighted by molar-refractivity contribution is 6.08. The first kappa shape index (κ1) is 11.6. The highest BCUT2D eigenvalue weighted by Crippen LogP contribution is 2.17. The highest BCUT2D eigenvalue weighted by atomic mass is 16.1. The molecule has 1 aromatic rings. The molecule has 0 aliphatic carbocycles. The van der Waals surface area contributed by atoms with Gasteiger partial charge >= 0.3 is 0 Å². The zero-order valence-corrected chi connectivity index (χ0v) is 9.46. The first-order valence-corrected chi connectivity index (χ1v) is 5.21. The standard InChI is InChI=1S/C13H16O2/c1-4-6-12(15)11-8-5-7-9(2)13(11)10(3)14/h5,7-8H,4,6H2,1-3H3. The Bertz CT molecular complexity index is 392. The van der Waals surface area contributed by atoms with Crippen LogP contribution in [0.1, 0.15) is 53.0 Å². The summed E-state index contributed by atoms with van der Waals surface area (Å²) in [6, 6.07) is 5.42. The Morgan fingerprint density at radius 1 is 1.27 bits per heavy atom. The van der Waals surface area contributed by atoms with Gasteiger partial charge in [-0.25, -0.2) is 0 Å². The fourth-order valence-electron chi connectivity index (χ4n) is 1.73. The number of hydrogen-bond acceptors (Lipinski definition) is 2. The Labute approximate surface area is 90.3 Å². The summed E-state index contributed by atoms with van der Waals surface area (Å²) in [6.45, 7) is 5.33. The molecule has 1 rings (SSSR count). The molecule has 0 N–H and O–H groups in total. The van der Waals surface area contributed by atoms with Gasteiger partial charge in [-0.15, -0.1) is 0 Å². The second-order valence-corrected chi connectivity index (χ2v) is 3.73. The Hall–Kier alpha value is -1.44. The Morgan fingerprint density at radius 2 is 1.93 bits per heavy atom. The third-order valence-electron chi connectivity index (χ3n) is 2.40. The van der Waals surface area contributed by atoms with E-state index in [0.29, 0.717) is 17.5 Å². The summed E-state index contributed by atoms with van der Waals surface area (Å²) in [4.78, 5) is 23.2. The van der Waals surface area contributed by atoms with Crippen molar-refractivity contribution in [2.75, 3.05) is 0 Å². The second-order valence-electron chi connectivity index (χ2n) is 3.73. The molecule has 0 saturated heterocycles. The molecular weight excluding hydrogens is 188 g/mol. The van der Waals surface area contributed by atoms with E-state index in [1.807, 2.05) is 26.0 Å². The smallest absolute Gasteiger partial charge is 0.163 e. The van der Waals surface area contributed by atoms with Gasteiger partial charge < -0.3 is 0 Å². The highest BCUT2D eigenvalue weighted by Gasteiger charge is 2.15. The van der Waals surface area contributed by atoms with Crippen molar-refractivity contribution in [3.05, 3.63) is 34.9 Å². The first-order valence-electron chi connectivity index (χ1n) is 5.21. The molecule has 0 heterocycles. The van der Waals surface area contributed by atoms with Crippen molar-refractivity contribution < 1.29 is 9.59 Å². The van der Waals surface area contributed by atoms with Crippen LogP contribution in [0.2, 0.25) is 0 Å². The predicted octanol–water partition coefficient (Wildman–Crippen LogP) is 3.18. The van der Waals surface area contributed by atoms with Gasteiger partial charge in [0.1, 0.15) is 0 Å². The molecule has 0 radical (unpaired) electrons. The van der Waals surface area contributed by atoms with Crippen LogP contribution < -0.4 is 0 Å². The minimum atomic E-state index is -0.0347. The van der Waals surface area contributed by atoms with E-state index >= 15 is 0 Å². The molecule has 0 aliphatic rings. The summed E-state index contributed by atoms with van der Waals surface area (Å²) < 4.78 is 0. The van der Waals surface area contributed by atoms with E-state index in [1.165, 1.54) is 6.92 Å². The fraction of sp³-hybridized carbons (Fsp3) is 0.385. The lowest BCUT2D eigenvalue weighted by Gasteiger charge is -2.08. The van der Waals surface area contributed by atoms with E-state index in [0.717, 1.165) is 12.0 Å². The number of ketones is 2. The van der Waals surface area contributed by atoms with Gasteiger partial charge in [0.25, 0.3) is 0 Å². The Kier molecular flexibility index (Phi) is 3.78. The average Bonchev–Trinajstić information content (AvgIpc) is 2.17. The van der Waals surface area contributed by atoms with Crippen molar-refractivity contribution in [2.24, 2.45) is 0 Å². The lowest BCUT2D eigenvalue weighted by molar-refractivity contribution is 0.0960. The van der Waals surface area contributed by atoms with Gasteiger partial charge in [-0.1, -0.05) is 25.1 Å². The van der Waals surface area contributed by atoms with E-state index in [-0.39, 0.29) is 11.6 Å².